The summed E-state index contributed by atoms with van der Waals surface area (Å²) in [5.41, 5.74) is 2.80. The fourth-order valence-electron chi connectivity index (χ4n) is 5.02. The van der Waals surface area contributed by atoms with Crippen molar-refractivity contribution < 1.29 is 9.72 Å². The molecule has 1 heterocycles. The monoisotopic (exact) mass is 446 g/mol. The number of nitro groups is 1. The van der Waals surface area contributed by atoms with Crippen LogP contribution in [0.1, 0.15) is 44.1 Å². The van der Waals surface area contributed by atoms with Crippen molar-refractivity contribution in [2.75, 3.05) is 18.0 Å². The zero-order valence-electron chi connectivity index (χ0n) is 18.9. The van der Waals surface area contributed by atoms with Crippen molar-refractivity contribution in [2.45, 2.75) is 63.1 Å². The van der Waals surface area contributed by atoms with Gasteiger partial charge in [-0.25, -0.2) is 0 Å². The quantitative estimate of drug-likeness (QED) is 0.388. The van der Waals surface area contributed by atoms with Gasteiger partial charge in [-0.3, -0.25) is 14.9 Å². The lowest BCUT2D eigenvalue weighted by molar-refractivity contribution is -0.384. The van der Waals surface area contributed by atoms with E-state index < -0.39 is 0 Å². The summed E-state index contributed by atoms with van der Waals surface area (Å²) in [7, 11) is 5.74. The first-order chi connectivity index (χ1) is 16.0. The predicted octanol–water partition coefficient (Wildman–Crippen LogP) is 2.62. The van der Waals surface area contributed by atoms with Gasteiger partial charge in [0.2, 0.25) is 5.91 Å². The predicted molar refractivity (Wildman–Crippen MR) is 131 cm³/mol. The van der Waals surface area contributed by atoms with E-state index in [1.54, 1.807) is 12.1 Å². The van der Waals surface area contributed by atoms with Crippen molar-refractivity contribution in [1.82, 2.24) is 10.6 Å². The molecule has 8 heteroatoms. The van der Waals surface area contributed by atoms with E-state index in [0.717, 1.165) is 56.4 Å². The molecule has 1 aliphatic carbocycles. The van der Waals surface area contributed by atoms with Gasteiger partial charge in [-0.15, -0.1) is 0 Å². The topological polar surface area (TPSA) is 87.5 Å². The van der Waals surface area contributed by atoms with Crippen LogP contribution < -0.4 is 21.0 Å². The molecule has 2 aromatic carbocycles. The molecule has 1 saturated carbocycles. The number of benzene rings is 2. The minimum absolute atomic E-state index is 0.0506. The summed E-state index contributed by atoms with van der Waals surface area (Å²) in [5, 5.41) is 18.0. The van der Waals surface area contributed by atoms with Crippen LogP contribution in [0, 0.1) is 10.1 Å². The highest BCUT2D eigenvalue weighted by Crippen LogP contribution is 2.25. The van der Waals surface area contributed by atoms with Crippen molar-refractivity contribution in [3.05, 3.63) is 64.2 Å². The number of nitro benzene ring substituents is 1. The Labute approximate surface area is 196 Å². The smallest absolute Gasteiger partial charge is 0.269 e. The number of carbonyl (C=O) groups is 1. The molecule has 1 amide bonds. The van der Waals surface area contributed by atoms with E-state index in [1.807, 2.05) is 36.4 Å². The second-order valence-electron chi connectivity index (χ2n) is 9.21. The molecule has 0 spiro atoms. The van der Waals surface area contributed by atoms with Gasteiger partial charge in [0, 0.05) is 49.0 Å². The van der Waals surface area contributed by atoms with Gasteiger partial charge in [0.15, 0.2) is 0 Å². The molecule has 7 nitrogen and oxygen atoms in total. The normalized spacial score (nSPS) is 23.2. The summed E-state index contributed by atoms with van der Waals surface area (Å²) < 4.78 is 0. The van der Waals surface area contributed by atoms with E-state index in [1.165, 1.54) is 6.42 Å². The van der Waals surface area contributed by atoms with E-state index in [2.05, 4.69) is 15.5 Å². The molecule has 2 fully saturated rings. The summed E-state index contributed by atoms with van der Waals surface area (Å²) in [6.07, 6.45) is 6.86. The third-order valence-electron chi connectivity index (χ3n) is 6.75. The first-order valence-corrected chi connectivity index (χ1v) is 11.9. The number of rotatable bonds is 7. The third kappa shape index (κ3) is 6.35. The summed E-state index contributed by atoms with van der Waals surface area (Å²) in [6, 6.07) is 15.0. The van der Waals surface area contributed by atoms with Gasteiger partial charge < -0.3 is 15.5 Å². The zero-order chi connectivity index (χ0) is 23.2. The molecule has 4 rings (SSSR count). The Hall–Kier alpha value is -2.87. The number of hydrogen-bond donors (Lipinski definition) is 2. The molecular weight excluding hydrogens is 415 g/mol. The lowest BCUT2D eigenvalue weighted by atomic mass is 9.88. The van der Waals surface area contributed by atoms with Crippen LogP contribution >= 0.6 is 0 Å². The molecular formula is C25H31BN4O3. The third-order valence-corrected chi connectivity index (χ3v) is 6.75. The summed E-state index contributed by atoms with van der Waals surface area (Å²) in [4.78, 5) is 25.5. The van der Waals surface area contributed by atoms with Gasteiger partial charge in [0.05, 0.1) is 11.3 Å². The van der Waals surface area contributed by atoms with E-state index in [9.17, 15) is 14.9 Å². The van der Waals surface area contributed by atoms with Crippen molar-refractivity contribution in [2.24, 2.45) is 0 Å². The molecule has 1 aliphatic heterocycles. The van der Waals surface area contributed by atoms with Gasteiger partial charge in [-0.2, -0.15) is 0 Å². The van der Waals surface area contributed by atoms with Crippen LogP contribution in [0.15, 0.2) is 48.5 Å². The van der Waals surface area contributed by atoms with Crippen LogP contribution in [-0.4, -0.2) is 49.9 Å². The molecule has 1 unspecified atom stereocenters. The molecule has 2 aliphatic rings. The van der Waals surface area contributed by atoms with E-state index >= 15 is 0 Å². The van der Waals surface area contributed by atoms with Crippen molar-refractivity contribution >= 4 is 30.6 Å². The molecule has 3 atom stereocenters. The minimum Gasteiger partial charge on any atom is -0.370 e. The van der Waals surface area contributed by atoms with Gasteiger partial charge in [0.25, 0.3) is 5.69 Å². The molecule has 0 bridgehead atoms. The number of non-ortho nitro benzene ring substituents is 1. The van der Waals surface area contributed by atoms with Gasteiger partial charge >= 0.3 is 0 Å². The Morgan fingerprint density at radius 2 is 1.70 bits per heavy atom. The lowest BCUT2D eigenvalue weighted by Crippen LogP contribution is -2.57. The first-order valence-electron chi connectivity index (χ1n) is 11.9. The van der Waals surface area contributed by atoms with Crippen LogP contribution in [0.5, 0.6) is 0 Å². The van der Waals surface area contributed by atoms with Crippen LogP contribution in [0.2, 0.25) is 0 Å². The lowest BCUT2D eigenvalue weighted by Gasteiger charge is -2.40. The Morgan fingerprint density at radius 1 is 1.00 bits per heavy atom. The Morgan fingerprint density at radius 3 is 2.39 bits per heavy atom. The Kier molecular flexibility index (Phi) is 7.65. The SMILES string of the molecule is [B]c1ccc(CC(=O)N[C@@H]2CCCC[C@H]2NC2CCCN(c3ccc([N+](=O)[O-])cc3)C2)cc1. The maximum absolute atomic E-state index is 12.7. The van der Waals surface area contributed by atoms with Crippen molar-refractivity contribution in [3.8, 4) is 0 Å². The van der Waals surface area contributed by atoms with Crippen LogP contribution in [-0.2, 0) is 11.2 Å². The average molecular weight is 446 g/mol. The first kappa shape index (κ1) is 23.3. The second-order valence-corrected chi connectivity index (χ2v) is 9.21. The number of amides is 1. The van der Waals surface area contributed by atoms with Gasteiger partial charge in [0.1, 0.15) is 7.85 Å². The molecule has 1 saturated heterocycles. The maximum Gasteiger partial charge on any atom is 0.269 e. The van der Waals surface area contributed by atoms with Crippen LogP contribution in [0.25, 0.3) is 0 Å². The Balaban J connectivity index is 1.33. The van der Waals surface area contributed by atoms with Crippen LogP contribution in [0.3, 0.4) is 0 Å². The molecule has 172 valence electrons. The molecule has 2 radical (unpaired) electrons. The summed E-state index contributed by atoms with van der Waals surface area (Å²) >= 11 is 0. The molecule has 0 aromatic heterocycles. The second kappa shape index (κ2) is 10.8. The number of nitrogens with zero attached hydrogens (tertiary/aromatic N) is 2. The largest absolute Gasteiger partial charge is 0.370 e. The highest BCUT2D eigenvalue weighted by molar-refractivity contribution is 6.32. The number of hydrogen-bond acceptors (Lipinski definition) is 5. The van der Waals surface area contributed by atoms with Crippen LogP contribution in [0.4, 0.5) is 11.4 Å². The highest BCUT2D eigenvalue weighted by Gasteiger charge is 2.30. The van der Waals surface area contributed by atoms with Crippen molar-refractivity contribution in [1.29, 1.82) is 0 Å². The molecule has 33 heavy (non-hydrogen) atoms. The van der Waals surface area contributed by atoms with E-state index in [4.69, 9.17) is 7.85 Å². The van der Waals surface area contributed by atoms with Crippen molar-refractivity contribution in [3.63, 3.8) is 0 Å². The molecule has 2 aromatic rings. The number of anilines is 1. The van der Waals surface area contributed by atoms with E-state index in [0.29, 0.717) is 17.9 Å². The fourth-order valence-corrected chi connectivity index (χ4v) is 5.02. The number of carbonyl (C=O) groups excluding carboxylic acids is 1. The average Bonchev–Trinajstić information content (AvgIpc) is 2.82. The number of nitrogens with one attached hydrogen (secondary N) is 2. The molecule has 2 N–H and O–H groups in total. The summed E-state index contributed by atoms with van der Waals surface area (Å²) in [6.45, 7) is 1.81. The van der Waals surface area contributed by atoms with E-state index in [-0.39, 0.29) is 28.6 Å². The minimum atomic E-state index is -0.366. The fraction of sp³-hybridized carbons (Fsp3) is 0.480. The van der Waals surface area contributed by atoms with Gasteiger partial charge in [-0.05, 0) is 43.4 Å². The highest BCUT2D eigenvalue weighted by atomic mass is 16.6. The summed E-state index contributed by atoms with van der Waals surface area (Å²) in [5.74, 6) is 0.0506. The zero-order valence-corrected chi connectivity index (χ0v) is 18.9. The standard InChI is InChI=1S/C25H31BN4O3/c26-19-9-7-18(8-10-19)16-25(31)28-24-6-2-1-5-23(24)27-20-4-3-15-29(17-20)21-11-13-22(14-12-21)30(32)33/h7-14,20,23-24,27H,1-6,15-17H2,(H,28,31)/t20?,23-,24-/m1/s1. The van der Waals surface area contributed by atoms with Gasteiger partial charge in [-0.1, -0.05) is 42.6 Å². The Bertz CT molecular complexity index is 951. The number of piperidine rings is 1. The maximum atomic E-state index is 12.7.